The lowest BCUT2D eigenvalue weighted by Gasteiger charge is -2.08. The minimum absolute atomic E-state index is 0.105. The summed E-state index contributed by atoms with van der Waals surface area (Å²) in [5.74, 6) is 0.105. The average molecular weight is 392 g/mol. The van der Waals surface area contributed by atoms with Crippen LogP contribution in [0.25, 0.3) is 21.5 Å². The molecular formula is C21H17N3OS2. The van der Waals surface area contributed by atoms with Gasteiger partial charge in [0.05, 0.1) is 22.3 Å². The zero-order chi connectivity index (χ0) is 18.2. The SMILES string of the molecule is O=C1CCCc2cc(-c3csc(Cc4nc5ccccc5s4)n3)ccc2N1. The molecule has 0 bridgehead atoms. The van der Waals surface area contributed by atoms with Crippen molar-refractivity contribution in [1.82, 2.24) is 9.97 Å². The quantitative estimate of drug-likeness (QED) is 0.516. The zero-order valence-corrected chi connectivity index (χ0v) is 16.2. The largest absolute Gasteiger partial charge is 0.326 e. The number of rotatable bonds is 3. The fourth-order valence-corrected chi connectivity index (χ4v) is 5.25. The van der Waals surface area contributed by atoms with Gasteiger partial charge < -0.3 is 5.32 Å². The third-order valence-corrected chi connectivity index (χ3v) is 6.60. The highest BCUT2D eigenvalue weighted by atomic mass is 32.1. The van der Waals surface area contributed by atoms with Crippen molar-refractivity contribution in [3.63, 3.8) is 0 Å². The number of hydrogen-bond acceptors (Lipinski definition) is 5. The number of benzene rings is 2. The summed E-state index contributed by atoms with van der Waals surface area (Å²) in [5, 5.41) is 7.27. The molecule has 2 aromatic carbocycles. The van der Waals surface area contributed by atoms with Crippen molar-refractivity contribution in [3.8, 4) is 11.3 Å². The van der Waals surface area contributed by atoms with Crippen LogP contribution in [-0.4, -0.2) is 15.9 Å². The molecule has 1 amide bonds. The first kappa shape index (κ1) is 16.6. The molecule has 1 aliphatic heterocycles. The van der Waals surface area contributed by atoms with Gasteiger partial charge in [0.15, 0.2) is 0 Å². The molecule has 0 saturated heterocycles. The summed E-state index contributed by atoms with van der Waals surface area (Å²) >= 11 is 3.41. The zero-order valence-electron chi connectivity index (χ0n) is 14.6. The molecule has 0 fully saturated rings. The molecule has 134 valence electrons. The number of anilines is 1. The van der Waals surface area contributed by atoms with Crippen LogP contribution in [0.15, 0.2) is 47.8 Å². The molecule has 3 heterocycles. The first-order chi connectivity index (χ1) is 13.2. The second-order valence-corrected chi connectivity index (χ2v) is 8.71. The van der Waals surface area contributed by atoms with E-state index < -0.39 is 0 Å². The van der Waals surface area contributed by atoms with Crippen LogP contribution >= 0.6 is 22.7 Å². The van der Waals surface area contributed by atoms with Crippen molar-refractivity contribution >= 4 is 44.5 Å². The Labute approximate surface area is 164 Å². The second kappa shape index (κ2) is 6.87. The standard InChI is InChI=1S/C21H17N3OS2/c25-19-7-3-4-13-10-14(8-9-15(13)22-19)17-12-26-20(24-17)11-21-23-16-5-1-2-6-18(16)27-21/h1-2,5-6,8-10,12H,3-4,7,11H2,(H,22,25). The molecule has 0 atom stereocenters. The van der Waals surface area contributed by atoms with E-state index in [4.69, 9.17) is 9.97 Å². The van der Waals surface area contributed by atoms with Gasteiger partial charge in [-0.15, -0.1) is 22.7 Å². The number of nitrogens with one attached hydrogen (secondary N) is 1. The van der Waals surface area contributed by atoms with Crippen LogP contribution < -0.4 is 5.32 Å². The van der Waals surface area contributed by atoms with Gasteiger partial charge in [0.1, 0.15) is 10.0 Å². The first-order valence-corrected chi connectivity index (χ1v) is 10.7. The molecule has 0 aliphatic carbocycles. The summed E-state index contributed by atoms with van der Waals surface area (Å²) in [6, 6.07) is 14.4. The van der Waals surface area contributed by atoms with Crippen LogP contribution in [0.1, 0.15) is 28.4 Å². The summed E-state index contributed by atoms with van der Waals surface area (Å²) in [6.45, 7) is 0. The Hall–Kier alpha value is -2.57. The Morgan fingerprint density at radius 2 is 1.96 bits per heavy atom. The maximum absolute atomic E-state index is 11.7. The van der Waals surface area contributed by atoms with E-state index in [0.717, 1.165) is 51.7 Å². The average Bonchev–Trinajstić information content (AvgIpc) is 3.24. The lowest BCUT2D eigenvalue weighted by atomic mass is 10.0. The third kappa shape index (κ3) is 3.38. The van der Waals surface area contributed by atoms with Crippen molar-refractivity contribution in [2.75, 3.05) is 5.32 Å². The summed E-state index contributed by atoms with van der Waals surface area (Å²) in [6.07, 6.45) is 3.17. The predicted octanol–water partition coefficient (Wildman–Crippen LogP) is 5.29. The maximum atomic E-state index is 11.7. The van der Waals surface area contributed by atoms with Crippen molar-refractivity contribution in [2.45, 2.75) is 25.7 Å². The summed E-state index contributed by atoms with van der Waals surface area (Å²) < 4.78 is 1.22. The highest BCUT2D eigenvalue weighted by Gasteiger charge is 2.15. The number of aromatic nitrogens is 2. The fraction of sp³-hybridized carbons (Fsp3) is 0.190. The van der Waals surface area contributed by atoms with Gasteiger partial charge in [0, 0.05) is 23.1 Å². The minimum Gasteiger partial charge on any atom is -0.326 e. The van der Waals surface area contributed by atoms with E-state index >= 15 is 0 Å². The summed E-state index contributed by atoms with van der Waals surface area (Å²) in [4.78, 5) is 21.3. The van der Waals surface area contributed by atoms with E-state index in [1.165, 1.54) is 10.3 Å². The molecule has 27 heavy (non-hydrogen) atoms. The van der Waals surface area contributed by atoms with Gasteiger partial charge in [0.25, 0.3) is 0 Å². The Morgan fingerprint density at radius 1 is 1.04 bits per heavy atom. The molecule has 2 aromatic heterocycles. The molecule has 0 saturated carbocycles. The van der Waals surface area contributed by atoms with Crippen LogP contribution in [0.2, 0.25) is 0 Å². The number of amides is 1. The highest BCUT2D eigenvalue weighted by molar-refractivity contribution is 7.18. The molecule has 6 heteroatoms. The molecule has 4 nitrogen and oxygen atoms in total. The summed E-state index contributed by atoms with van der Waals surface area (Å²) in [5.41, 5.74) is 5.29. The molecule has 5 rings (SSSR count). The normalized spacial score (nSPS) is 14.0. The number of nitrogens with zero attached hydrogens (tertiary/aromatic N) is 2. The number of para-hydroxylation sites is 1. The van der Waals surface area contributed by atoms with Gasteiger partial charge in [-0.05, 0) is 42.7 Å². The number of aryl methyl sites for hydroxylation is 1. The van der Waals surface area contributed by atoms with Crippen LogP contribution in [0.4, 0.5) is 5.69 Å². The first-order valence-electron chi connectivity index (χ1n) is 8.96. The molecular weight excluding hydrogens is 374 g/mol. The maximum Gasteiger partial charge on any atom is 0.224 e. The predicted molar refractivity (Wildman–Crippen MR) is 112 cm³/mol. The molecule has 1 aliphatic rings. The van der Waals surface area contributed by atoms with Gasteiger partial charge in [-0.2, -0.15) is 0 Å². The van der Waals surface area contributed by atoms with E-state index in [0.29, 0.717) is 6.42 Å². The molecule has 1 N–H and O–H groups in total. The number of carbonyl (C=O) groups excluding carboxylic acids is 1. The lowest BCUT2D eigenvalue weighted by molar-refractivity contribution is -0.116. The molecule has 4 aromatic rings. The van der Waals surface area contributed by atoms with Gasteiger partial charge in [-0.1, -0.05) is 18.2 Å². The Bertz CT molecular complexity index is 1110. The van der Waals surface area contributed by atoms with E-state index in [2.05, 4.69) is 28.9 Å². The van der Waals surface area contributed by atoms with E-state index in [1.807, 2.05) is 24.3 Å². The molecule has 0 unspecified atom stereocenters. The van der Waals surface area contributed by atoms with Crippen molar-refractivity contribution in [1.29, 1.82) is 0 Å². The highest BCUT2D eigenvalue weighted by Crippen LogP contribution is 2.30. The smallest absolute Gasteiger partial charge is 0.224 e. The van der Waals surface area contributed by atoms with Crippen molar-refractivity contribution < 1.29 is 4.79 Å². The van der Waals surface area contributed by atoms with Crippen LogP contribution in [-0.2, 0) is 17.6 Å². The van der Waals surface area contributed by atoms with Crippen LogP contribution in [0.3, 0.4) is 0 Å². The number of carbonyl (C=O) groups is 1. The number of hydrogen-bond donors (Lipinski definition) is 1. The van der Waals surface area contributed by atoms with Gasteiger partial charge in [-0.25, -0.2) is 9.97 Å². The second-order valence-electron chi connectivity index (χ2n) is 6.65. The van der Waals surface area contributed by atoms with Crippen molar-refractivity contribution in [2.24, 2.45) is 0 Å². The fourth-order valence-electron chi connectivity index (χ4n) is 3.38. The van der Waals surface area contributed by atoms with Crippen molar-refractivity contribution in [3.05, 3.63) is 63.4 Å². The molecule has 0 spiro atoms. The Balaban J connectivity index is 1.40. The summed E-state index contributed by atoms with van der Waals surface area (Å²) in [7, 11) is 0. The van der Waals surface area contributed by atoms with Gasteiger partial charge in [0.2, 0.25) is 5.91 Å². The topological polar surface area (TPSA) is 54.9 Å². The third-order valence-electron chi connectivity index (χ3n) is 4.72. The van der Waals surface area contributed by atoms with E-state index in [1.54, 1.807) is 22.7 Å². The molecule has 0 radical (unpaired) electrons. The minimum atomic E-state index is 0.105. The van der Waals surface area contributed by atoms with Crippen LogP contribution in [0, 0.1) is 0 Å². The van der Waals surface area contributed by atoms with E-state index in [9.17, 15) is 4.79 Å². The number of thiazole rings is 2. The van der Waals surface area contributed by atoms with Crippen LogP contribution in [0.5, 0.6) is 0 Å². The lowest BCUT2D eigenvalue weighted by Crippen LogP contribution is -2.09. The van der Waals surface area contributed by atoms with Gasteiger partial charge >= 0.3 is 0 Å². The Morgan fingerprint density at radius 3 is 2.89 bits per heavy atom. The van der Waals surface area contributed by atoms with Gasteiger partial charge in [-0.3, -0.25) is 4.79 Å². The number of fused-ring (bicyclic) bond motifs is 2. The Kier molecular flexibility index (Phi) is 4.22. The monoisotopic (exact) mass is 391 g/mol. The van der Waals surface area contributed by atoms with E-state index in [-0.39, 0.29) is 5.91 Å².